The van der Waals surface area contributed by atoms with Crippen molar-refractivity contribution in [1.29, 1.82) is 0 Å². The Morgan fingerprint density at radius 1 is 1.26 bits per heavy atom. The zero-order valence-electron chi connectivity index (χ0n) is 14.7. The summed E-state index contributed by atoms with van der Waals surface area (Å²) >= 11 is 12.3. The van der Waals surface area contributed by atoms with Gasteiger partial charge >= 0.3 is 0 Å². The first-order valence-corrected chi connectivity index (χ1v) is 9.22. The zero-order chi connectivity index (χ0) is 19.1. The SMILES string of the molecule is Cc1ccnc(-n2nnc3c2CCN(C(=O)c2cccc(Cl)c2Cl)[C@@H]3C)n1. The molecule has 0 radical (unpaired) electrons. The average molecular weight is 403 g/mol. The summed E-state index contributed by atoms with van der Waals surface area (Å²) in [6.45, 7) is 4.33. The molecule has 27 heavy (non-hydrogen) atoms. The van der Waals surface area contributed by atoms with E-state index >= 15 is 0 Å². The summed E-state index contributed by atoms with van der Waals surface area (Å²) in [6, 6.07) is 6.62. The van der Waals surface area contributed by atoms with Gasteiger partial charge in [-0.15, -0.1) is 5.10 Å². The largest absolute Gasteiger partial charge is 0.330 e. The Bertz CT molecular complexity index is 1030. The van der Waals surface area contributed by atoms with E-state index in [1.807, 2.05) is 19.9 Å². The minimum atomic E-state index is -0.255. The molecule has 1 aliphatic rings. The van der Waals surface area contributed by atoms with E-state index in [0.29, 0.717) is 29.5 Å². The van der Waals surface area contributed by atoms with Crippen LogP contribution in [0.3, 0.4) is 0 Å². The molecule has 0 bridgehead atoms. The molecule has 1 aliphatic heterocycles. The molecule has 1 aromatic carbocycles. The molecule has 2 aromatic heterocycles. The molecule has 7 nitrogen and oxygen atoms in total. The molecular formula is C18H16Cl2N6O. The maximum atomic E-state index is 13.0. The number of fused-ring (bicyclic) bond motifs is 1. The Morgan fingerprint density at radius 3 is 2.85 bits per heavy atom. The topological polar surface area (TPSA) is 76.8 Å². The van der Waals surface area contributed by atoms with Gasteiger partial charge in [-0.3, -0.25) is 4.79 Å². The van der Waals surface area contributed by atoms with Crippen molar-refractivity contribution in [1.82, 2.24) is 29.9 Å². The molecule has 0 saturated carbocycles. The predicted molar refractivity (Wildman–Crippen MR) is 101 cm³/mol. The summed E-state index contributed by atoms with van der Waals surface area (Å²) in [5.41, 5.74) is 2.88. The fourth-order valence-corrected chi connectivity index (χ4v) is 3.62. The van der Waals surface area contributed by atoms with Crippen LogP contribution in [0, 0.1) is 6.92 Å². The van der Waals surface area contributed by atoms with Crippen LogP contribution in [0.5, 0.6) is 0 Å². The highest BCUT2D eigenvalue weighted by Crippen LogP contribution is 2.32. The number of benzene rings is 1. The van der Waals surface area contributed by atoms with Crippen molar-refractivity contribution in [3.05, 3.63) is 63.2 Å². The number of amides is 1. The first-order valence-electron chi connectivity index (χ1n) is 8.47. The second-order valence-corrected chi connectivity index (χ2v) is 7.14. The number of hydrogen-bond donors (Lipinski definition) is 0. The standard InChI is InChI=1S/C18H16Cl2N6O/c1-10-6-8-21-18(22-10)26-14-7-9-25(11(2)16(14)23-24-26)17(27)12-4-3-5-13(19)15(12)20/h3-6,8,11H,7,9H2,1-2H3/t11-/m1/s1. The third kappa shape index (κ3) is 3.07. The van der Waals surface area contributed by atoms with Gasteiger partial charge < -0.3 is 4.90 Å². The van der Waals surface area contributed by atoms with Gasteiger partial charge in [0.1, 0.15) is 5.69 Å². The lowest BCUT2D eigenvalue weighted by atomic mass is 10.0. The van der Waals surface area contributed by atoms with Crippen LogP contribution >= 0.6 is 23.2 Å². The molecule has 1 atom stereocenters. The van der Waals surface area contributed by atoms with Crippen LogP contribution in [0.1, 0.15) is 40.4 Å². The van der Waals surface area contributed by atoms with E-state index in [4.69, 9.17) is 23.2 Å². The van der Waals surface area contributed by atoms with Crippen LogP contribution < -0.4 is 0 Å². The average Bonchev–Trinajstić information content (AvgIpc) is 3.09. The van der Waals surface area contributed by atoms with Crippen molar-refractivity contribution >= 4 is 29.1 Å². The Morgan fingerprint density at radius 2 is 2.07 bits per heavy atom. The van der Waals surface area contributed by atoms with Gasteiger partial charge in [-0.1, -0.05) is 34.5 Å². The second-order valence-electron chi connectivity index (χ2n) is 6.36. The van der Waals surface area contributed by atoms with Gasteiger partial charge in [0.25, 0.3) is 11.9 Å². The van der Waals surface area contributed by atoms with Gasteiger partial charge in [0.05, 0.1) is 27.3 Å². The predicted octanol–water partition coefficient (Wildman–Crippen LogP) is 3.43. The highest BCUT2D eigenvalue weighted by Gasteiger charge is 2.34. The number of nitrogens with zero attached hydrogens (tertiary/aromatic N) is 6. The summed E-state index contributed by atoms with van der Waals surface area (Å²) in [7, 11) is 0. The lowest BCUT2D eigenvalue weighted by molar-refractivity contribution is 0.0672. The molecule has 3 heterocycles. The number of halogens is 2. The summed E-state index contributed by atoms with van der Waals surface area (Å²) in [5, 5.41) is 9.12. The van der Waals surface area contributed by atoms with Crippen molar-refractivity contribution in [2.45, 2.75) is 26.3 Å². The number of aryl methyl sites for hydroxylation is 1. The van der Waals surface area contributed by atoms with Crippen LogP contribution in [-0.4, -0.2) is 42.3 Å². The zero-order valence-corrected chi connectivity index (χ0v) is 16.2. The molecule has 1 amide bonds. The third-order valence-corrected chi connectivity index (χ3v) is 5.48. The van der Waals surface area contributed by atoms with Crippen molar-refractivity contribution < 1.29 is 4.79 Å². The van der Waals surface area contributed by atoms with Crippen LogP contribution in [0.4, 0.5) is 0 Å². The Balaban J connectivity index is 1.67. The third-order valence-electron chi connectivity index (χ3n) is 4.66. The highest BCUT2D eigenvalue weighted by atomic mass is 35.5. The van der Waals surface area contributed by atoms with E-state index in [1.54, 1.807) is 34.0 Å². The molecular weight excluding hydrogens is 387 g/mol. The van der Waals surface area contributed by atoms with E-state index in [1.165, 1.54) is 0 Å². The lowest BCUT2D eigenvalue weighted by Crippen LogP contribution is -2.39. The molecule has 4 rings (SSSR count). The molecule has 0 aliphatic carbocycles. The van der Waals surface area contributed by atoms with Gasteiger partial charge in [0.2, 0.25) is 0 Å². The van der Waals surface area contributed by atoms with Gasteiger partial charge in [0.15, 0.2) is 0 Å². The number of rotatable bonds is 2. The lowest BCUT2D eigenvalue weighted by Gasteiger charge is -2.32. The summed E-state index contributed by atoms with van der Waals surface area (Å²) in [4.78, 5) is 23.4. The molecule has 3 aromatic rings. The van der Waals surface area contributed by atoms with E-state index in [9.17, 15) is 4.79 Å². The Labute approximate surface area is 165 Å². The summed E-state index contributed by atoms with van der Waals surface area (Å²) in [6.07, 6.45) is 2.28. The fourth-order valence-electron chi connectivity index (χ4n) is 3.24. The molecule has 0 fully saturated rings. The van der Waals surface area contributed by atoms with E-state index in [2.05, 4.69) is 20.3 Å². The smallest absolute Gasteiger partial charge is 0.255 e. The van der Waals surface area contributed by atoms with Crippen molar-refractivity contribution in [2.24, 2.45) is 0 Å². The number of hydrogen-bond acceptors (Lipinski definition) is 5. The number of aromatic nitrogens is 5. The Hall–Kier alpha value is -2.51. The molecule has 138 valence electrons. The van der Waals surface area contributed by atoms with Crippen LogP contribution in [0.15, 0.2) is 30.5 Å². The van der Waals surface area contributed by atoms with Gasteiger partial charge in [-0.25, -0.2) is 9.97 Å². The monoisotopic (exact) mass is 402 g/mol. The first kappa shape index (κ1) is 17.9. The number of carbonyl (C=O) groups excluding carboxylic acids is 1. The summed E-state index contributed by atoms with van der Waals surface area (Å²) in [5.74, 6) is 0.301. The minimum Gasteiger partial charge on any atom is -0.330 e. The fraction of sp³-hybridized carbons (Fsp3) is 0.278. The summed E-state index contributed by atoms with van der Waals surface area (Å²) < 4.78 is 1.65. The Kier molecular flexibility index (Phi) is 4.57. The van der Waals surface area contributed by atoms with E-state index < -0.39 is 0 Å². The molecule has 0 saturated heterocycles. The number of carbonyl (C=O) groups is 1. The van der Waals surface area contributed by atoms with Gasteiger partial charge in [-0.2, -0.15) is 4.68 Å². The van der Waals surface area contributed by atoms with E-state index in [-0.39, 0.29) is 17.0 Å². The second kappa shape index (κ2) is 6.90. The van der Waals surface area contributed by atoms with Gasteiger partial charge in [-0.05, 0) is 32.0 Å². The van der Waals surface area contributed by atoms with Gasteiger partial charge in [0, 0.05) is 24.9 Å². The van der Waals surface area contributed by atoms with Crippen molar-refractivity contribution in [3.63, 3.8) is 0 Å². The van der Waals surface area contributed by atoms with Crippen LogP contribution in [0.2, 0.25) is 10.0 Å². The van der Waals surface area contributed by atoms with Crippen LogP contribution in [-0.2, 0) is 6.42 Å². The normalized spacial score (nSPS) is 16.3. The highest BCUT2D eigenvalue weighted by molar-refractivity contribution is 6.43. The molecule has 9 heteroatoms. The molecule has 0 unspecified atom stereocenters. The van der Waals surface area contributed by atoms with Crippen LogP contribution in [0.25, 0.3) is 5.95 Å². The first-order chi connectivity index (χ1) is 13.0. The van der Waals surface area contributed by atoms with Crippen molar-refractivity contribution in [2.75, 3.05) is 6.54 Å². The minimum absolute atomic E-state index is 0.179. The maximum Gasteiger partial charge on any atom is 0.255 e. The molecule has 0 spiro atoms. The van der Waals surface area contributed by atoms with Crippen molar-refractivity contribution in [3.8, 4) is 5.95 Å². The quantitative estimate of drug-likeness (QED) is 0.655. The maximum absolute atomic E-state index is 13.0. The van der Waals surface area contributed by atoms with E-state index in [0.717, 1.165) is 17.1 Å². The molecule has 0 N–H and O–H groups in total.